The Labute approximate surface area is 202 Å². The molecule has 0 saturated heterocycles. The Bertz CT molecular complexity index is 1020. The molecule has 1 unspecified atom stereocenters. The number of amides is 1. The predicted octanol–water partition coefficient (Wildman–Crippen LogP) is 5.49. The summed E-state index contributed by atoms with van der Waals surface area (Å²) in [7, 11) is 2.87. The van der Waals surface area contributed by atoms with E-state index in [1.54, 1.807) is 19.9 Å². The monoisotopic (exact) mass is 497 g/mol. The van der Waals surface area contributed by atoms with Crippen LogP contribution in [0.5, 0.6) is 23.0 Å². The lowest BCUT2D eigenvalue weighted by atomic mass is 10.2. The second-order valence-corrected chi connectivity index (χ2v) is 7.32. The smallest absolute Gasteiger partial charge is 0.258 e. The van der Waals surface area contributed by atoms with Crippen molar-refractivity contribution in [2.24, 2.45) is 10.2 Å². The Morgan fingerprint density at radius 3 is 2.09 bits per heavy atom. The number of nitrogens with zero attached hydrogens (tertiary/aromatic N) is 2. The Morgan fingerprint density at radius 1 is 1.00 bits per heavy atom. The lowest BCUT2D eigenvalue weighted by Crippen LogP contribution is -2.31. The van der Waals surface area contributed by atoms with Crippen LogP contribution >= 0.6 is 23.2 Å². The van der Waals surface area contributed by atoms with Gasteiger partial charge in [0.2, 0.25) is 6.04 Å². The van der Waals surface area contributed by atoms with Crippen molar-refractivity contribution >= 4 is 46.3 Å². The molecule has 0 aliphatic heterocycles. The molecule has 0 aliphatic carbocycles. The number of ether oxygens (including phenoxy) is 4. The van der Waals surface area contributed by atoms with Gasteiger partial charge in [-0.25, -0.2) is 0 Å². The number of carbonyl (C=O) groups excluding carboxylic acids is 2. The van der Waals surface area contributed by atoms with E-state index in [-0.39, 0.29) is 21.5 Å². The van der Waals surface area contributed by atoms with Crippen molar-refractivity contribution in [1.29, 1.82) is 0 Å². The van der Waals surface area contributed by atoms with Crippen molar-refractivity contribution in [3.8, 4) is 23.0 Å². The molecule has 1 amide bonds. The van der Waals surface area contributed by atoms with E-state index in [9.17, 15) is 9.59 Å². The van der Waals surface area contributed by atoms with E-state index in [0.29, 0.717) is 36.1 Å². The number of rotatable bonds is 11. The van der Waals surface area contributed by atoms with Crippen molar-refractivity contribution in [1.82, 2.24) is 0 Å². The van der Waals surface area contributed by atoms with Crippen LogP contribution in [0.2, 0.25) is 10.0 Å². The number of hydrogen-bond donors (Lipinski definition) is 1. The summed E-state index contributed by atoms with van der Waals surface area (Å²) < 4.78 is 21.4. The third kappa shape index (κ3) is 6.72. The van der Waals surface area contributed by atoms with Crippen molar-refractivity contribution in [3.05, 3.63) is 34.3 Å². The van der Waals surface area contributed by atoms with E-state index < -0.39 is 17.7 Å². The van der Waals surface area contributed by atoms with E-state index in [4.69, 9.17) is 42.1 Å². The largest absolute Gasteiger partial charge is 0.497 e. The molecule has 0 heterocycles. The van der Waals surface area contributed by atoms with Crippen LogP contribution in [0.15, 0.2) is 34.5 Å². The first-order chi connectivity index (χ1) is 15.7. The molecule has 1 N–H and O–H groups in total. The number of anilines is 1. The highest BCUT2D eigenvalue weighted by Crippen LogP contribution is 2.40. The fraction of sp³-hybridized carbons (Fsp3) is 0.364. The summed E-state index contributed by atoms with van der Waals surface area (Å²) in [4.78, 5) is 25.0. The fourth-order valence-electron chi connectivity index (χ4n) is 2.76. The summed E-state index contributed by atoms with van der Waals surface area (Å²) in [5, 5.41) is 11.1. The third-order valence-electron chi connectivity index (χ3n) is 4.22. The van der Waals surface area contributed by atoms with Gasteiger partial charge in [0.25, 0.3) is 5.91 Å². The number of methoxy groups -OCH3 is 2. The van der Waals surface area contributed by atoms with Crippen molar-refractivity contribution in [2.45, 2.75) is 26.8 Å². The van der Waals surface area contributed by atoms with Crippen LogP contribution in [0.4, 0.5) is 11.4 Å². The molecule has 2 aromatic rings. The predicted molar refractivity (Wildman–Crippen MR) is 126 cm³/mol. The highest BCUT2D eigenvalue weighted by atomic mass is 35.5. The van der Waals surface area contributed by atoms with Gasteiger partial charge in [0.05, 0.1) is 32.5 Å². The molecule has 11 heteroatoms. The Hall–Kier alpha value is -3.04. The molecule has 0 saturated carbocycles. The first kappa shape index (κ1) is 26.2. The number of Topliss-reactive ketones (excluding diaryl/α,β-unsaturated/α-hetero) is 1. The van der Waals surface area contributed by atoms with Crippen LogP contribution in [0.1, 0.15) is 20.8 Å². The van der Waals surface area contributed by atoms with Gasteiger partial charge in [-0.3, -0.25) is 9.59 Å². The molecule has 2 aromatic carbocycles. The molecule has 0 fully saturated rings. The normalized spacial score (nSPS) is 11.7. The molecule has 0 bridgehead atoms. The van der Waals surface area contributed by atoms with Gasteiger partial charge in [-0.05, 0) is 20.8 Å². The number of ketones is 1. The van der Waals surface area contributed by atoms with Crippen molar-refractivity contribution in [2.75, 3.05) is 32.8 Å². The highest BCUT2D eigenvalue weighted by molar-refractivity contribution is 6.33. The zero-order valence-corrected chi connectivity index (χ0v) is 20.4. The molecule has 178 valence electrons. The molecule has 2 rings (SSSR count). The van der Waals surface area contributed by atoms with Gasteiger partial charge in [0, 0.05) is 30.0 Å². The summed E-state index contributed by atoms with van der Waals surface area (Å²) in [6.45, 7) is 5.55. The third-order valence-corrected chi connectivity index (χ3v) is 4.88. The highest BCUT2D eigenvalue weighted by Gasteiger charge is 2.25. The zero-order valence-electron chi connectivity index (χ0n) is 18.9. The lowest BCUT2D eigenvalue weighted by molar-refractivity contribution is -0.126. The molecular formula is C22H25Cl2N3O6. The standard InChI is InChI=1S/C22H25Cl2N3O6/c1-6-32-17-8-13(9-18(19(17)24)33-7-2)25-22(29)20(12(3)28)27-26-16-11-14(30-4)10-15(23)21(16)31-5/h8-11,20H,6-7H2,1-5H3,(H,25,29). The Morgan fingerprint density at radius 2 is 1.61 bits per heavy atom. The fourth-order valence-corrected chi connectivity index (χ4v) is 3.26. The SMILES string of the molecule is CCOc1cc(NC(=O)C(N=Nc2cc(OC)cc(Cl)c2OC)C(C)=O)cc(OCC)c1Cl. The first-order valence-electron chi connectivity index (χ1n) is 9.98. The van der Waals surface area contributed by atoms with Gasteiger partial charge < -0.3 is 24.3 Å². The van der Waals surface area contributed by atoms with E-state index >= 15 is 0 Å². The number of nitrogens with one attached hydrogen (secondary N) is 1. The molecule has 9 nitrogen and oxygen atoms in total. The van der Waals surface area contributed by atoms with E-state index in [2.05, 4.69) is 15.5 Å². The van der Waals surface area contributed by atoms with Crippen LogP contribution in [0, 0.1) is 0 Å². The van der Waals surface area contributed by atoms with Crippen LogP contribution in [0.25, 0.3) is 0 Å². The van der Waals surface area contributed by atoms with Gasteiger partial charge in [-0.1, -0.05) is 23.2 Å². The first-order valence-corrected chi connectivity index (χ1v) is 10.7. The minimum absolute atomic E-state index is 0.199. The van der Waals surface area contributed by atoms with Crippen LogP contribution in [0.3, 0.4) is 0 Å². The summed E-state index contributed by atoms with van der Waals surface area (Å²) in [6.07, 6.45) is 0. The number of halogens is 2. The summed E-state index contributed by atoms with van der Waals surface area (Å²) in [6, 6.07) is 4.70. The summed E-state index contributed by atoms with van der Waals surface area (Å²) in [5.74, 6) is 0.0741. The zero-order chi connectivity index (χ0) is 24.5. The number of carbonyl (C=O) groups is 2. The Balaban J connectivity index is 2.36. The van der Waals surface area contributed by atoms with Crippen molar-refractivity contribution in [3.63, 3.8) is 0 Å². The van der Waals surface area contributed by atoms with E-state index in [1.807, 2.05) is 0 Å². The topological polar surface area (TPSA) is 108 Å². The summed E-state index contributed by atoms with van der Waals surface area (Å²) in [5.41, 5.74) is 0.518. The van der Waals surface area contributed by atoms with Gasteiger partial charge in [0.15, 0.2) is 11.5 Å². The average Bonchev–Trinajstić information content (AvgIpc) is 2.76. The molecular weight excluding hydrogens is 473 g/mol. The van der Waals surface area contributed by atoms with Crippen LogP contribution < -0.4 is 24.3 Å². The minimum atomic E-state index is -1.43. The molecule has 0 spiro atoms. The second kappa shape index (κ2) is 12.3. The van der Waals surface area contributed by atoms with Crippen LogP contribution in [-0.2, 0) is 9.59 Å². The molecule has 0 aromatic heterocycles. The molecule has 33 heavy (non-hydrogen) atoms. The Kier molecular flexibility index (Phi) is 9.74. The van der Waals surface area contributed by atoms with E-state index in [1.165, 1.54) is 39.3 Å². The maximum Gasteiger partial charge on any atom is 0.258 e. The maximum atomic E-state index is 12.9. The van der Waals surface area contributed by atoms with Crippen molar-refractivity contribution < 1.29 is 28.5 Å². The minimum Gasteiger partial charge on any atom is -0.497 e. The second-order valence-electron chi connectivity index (χ2n) is 6.53. The maximum absolute atomic E-state index is 12.9. The van der Waals surface area contributed by atoms with E-state index in [0.717, 1.165) is 0 Å². The van der Waals surface area contributed by atoms with Gasteiger partial charge in [-0.15, -0.1) is 0 Å². The molecule has 0 radical (unpaired) electrons. The van der Waals surface area contributed by atoms with Gasteiger partial charge in [0.1, 0.15) is 28.0 Å². The average molecular weight is 498 g/mol. The molecule has 1 atom stereocenters. The molecule has 0 aliphatic rings. The van der Waals surface area contributed by atoms with Gasteiger partial charge >= 0.3 is 0 Å². The number of benzene rings is 2. The quantitative estimate of drug-likeness (QED) is 0.324. The number of azo groups is 1. The number of hydrogen-bond acceptors (Lipinski definition) is 8. The van der Waals surface area contributed by atoms with Crippen LogP contribution in [-0.4, -0.2) is 45.2 Å². The summed E-state index contributed by atoms with van der Waals surface area (Å²) >= 11 is 12.5. The lowest BCUT2D eigenvalue weighted by Gasteiger charge is -2.15. The van der Waals surface area contributed by atoms with Gasteiger partial charge in [-0.2, -0.15) is 10.2 Å².